The molecule has 0 aromatic heterocycles. The summed E-state index contributed by atoms with van der Waals surface area (Å²) in [5.74, 6) is -4.45. The SMILES string of the molecule is CC1CCC(c2ccc(C3CCC(C(F)(F)Oc4cc(F)c(-c5ccc(Cl)c(F)c5)c(F)c4)CC3)c(F)c2)CC1. The summed E-state index contributed by atoms with van der Waals surface area (Å²) in [6.07, 6.45) is 1.55. The topological polar surface area (TPSA) is 9.23 Å². The fraction of sp³-hybridized carbons (Fsp3) is 0.438. The molecule has 214 valence electrons. The van der Waals surface area contributed by atoms with Crippen LogP contribution in [0.15, 0.2) is 48.5 Å². The highest BCUT2D eigenvalue weighted by Crippen LogP contribution is 2.45. The molecule has 5 rings (SSSR count). The van der Waals surface area contributed by atoms with Gasteiger partial charge in [0.25, 0.3) is 0 Å². The lowest BCUT2D eigenvalue weighted by Crippen LogP contribution is -2.37. The Morgan fingerprint density at radius 1 is 0.700 bits per heavy atom. The minimum absolute atomic E-state index is 0.0759. The van der Waals surface area contributed by atoms with Crippen molar-refractivity contribution in [3.63, 3.8) is 0 Å². The van der Waals surface area contributed by atoms with E-state index in [1.54, 1.807) is 6.07 Å². The minimum atomic E-state index is -3.68. The van der Waals surface area contributed by atoms with Gasteiger partial charge in [-0.2, -0.15) is 8.78 Å². The Morgan fingerprint density at radius 3 is 1.93 bits per heavy atom. The Morgan fingerprint density at radius 2 is 1.32 bits per heavy atom. The van der Waals surface area contributed by atoms with Crippen LogP contribution < -0.4 is 4.74 Å². The van der Waals surface area contributed by atoms with Gasteiger partial charge in [0, 0.05) is 12.1 Å². The van der Waals surface area contributed by atoms with Crippen molar-refractivity contribution in [1.29, 1.82) is 0 Å². The van der Waals surface area contributed by atoms with Crippen molar-refractivity contribution in [1.82, 2.24) is 0 Å². The summed E-state index contributed by atoms with van der Waals surface area (Å²) in [5.41, 5.74) is 0.863. The van der Waals surface area contributed by atoms with Crippen molar-refractivity contribution >= 4 is 11.6 Å². The van der Waals surface area contributed by atoms with Gasteiger partial charge in [0.05, 0.1) is 16.5 Å². The quantitative estimate of drug-likeness (QED) is 0.263. The Balaban J connectivity index is 1.23. The molecule has 3 aromatic carbocycles. The maximum Gasteiger partial charge on any atom is 0.400 e. The Hall–Kier alpha value is -2.67. The zero-order valence-corrected chi connectivity index (χ0v) is 22.9. The Kier molecular flexibility index (Phi) is 8.42. The molecule has 0 amide bonds. The lowest BCUT2D eigenvalue weighted by Gasteiger charge is -2.34. The third-order valence-electron chi connectivity index (χ3n) is 8.63. The average Bonchev–Trinajstić information content (AvgIpc) is 2.90. The van der Waals surface area contributed by atoms with Gasteiger partial charge < -0.3 is 4.74 Å². The molecule has 0 unspecified atom stereocenters. The van der Waals surface area contributed by atoms with E-state index in [9.17, 15) is 13.2 Å². The maximum atomic E-state index is 15.1. The van der Waals surface area contributed by atoms with Crippen molar-refractivity contribution in [2.24, 2.45) is 11.8 Å². The molecule has 0 N–H and O–H groups in total. The van der Waals surface area contributed by atoms with E-state index in [4.69, 9.17) is 16.3 Å². The van der Waals surface area contributed by atoms with Crippen molar-refractivity contribution in [2.75, 3.05) is 0 Å². The fourth-order valence-corrected chi connectivity index (χ4v) is 6.36. The van der Waals surface area contributed by atoms with Gasteiger partial charge >= 0.3 is 6.11 Å². The molecule has 0 aliphatic heterocycles. The predicted octanol–water partition coefficient (Wildman–Crippen LogP) is 10.8. The molecule has 0 heterocycles. The largest absolute Gasteiger partial charge is 0.432 e. The molecule has 0 saturated heterocycles. The van der Waals surface area contributed by atoms with Gasteiger partial charge in [-0.25, -0.2) is 17.6 Å². The van der Waals surface area contributed by atoms with Crippen LogP contribution >= 0.6 is 11.6 Å². The van der Waals surface area contributed by atoms with Crippen LogP contribution in [-0.4, -0.2) is 6.11 Å². The first-order chi connectivity index (χ1) is 19.0. The van der Waals surface area contributed by atoms with Gasteiger partial charge in [-0.05, 0) is 91.2 Å². The summed E-state index contributed by atoms with van der Waals surface area (Å²) in [6, 6.07) is 9.97. The van der Waals surface area contributed by atoms with E-state index in [1.807, 2.05) is 12.1 Å². The summed E-state index contributed by atoms with van der Waals surface area (Å²) < 4.78 is 93.3. The fourth-order valence-electron chi connectivity index (χ4n) is 6.24. The van der Waals surface area contributed by atoms with Crippen LogP contribution in [0.5, 0.6) is 5.75 Å². The van der Waals surface area contributed by atoms with Gasteiger partial charge in [0.15, 0.2) is 0 Å². The monoisotopic (exact) mass is 580 g/mol. The van der Waals surface area contributed by atoms with E-state index in [-0.39, 0.29) is 35.2 Å². The van der Waals surface area contributed by atoms with E-state index in [2.05, 4.69) is 6.92 Å². The highest BCUT2D eigenvalue weighted by atomic mass is 35.5. The molecule has 0 bridgehead atoms. The van der Waals surface area contributed by atoms with E-state index < -0.39 is 40.8 Å². The summed E-state index contributed by atoms with van der Waals surface area (Å²) in [5, 5.41) is -0.215. The third-order valence-corrected chi connectivity index (χ3v) is 8.94. The molecule has 2 aliphatic rings. The number of benzene rings is 3. The molecule has 8 heteroatoms. The number of halogens is 7. The second-order valence-electron chi connectivity index (χ2n) is 11.3. The first-order valence-corrected chi connectivity index (χ1v) is 14.2. The van der Waals surface area contributed by atoms with Gasteiger partial charge in [-0.1, -0.05) is 49.6 Å². The van der Waals surface area contributed by atoms with Gasteiger partial charge in [-0.15, -0.1) is 0 Å². The number of hydrogen-bond donors (Lipinski definition) is 0. The molecule has 40 heavy (non-hydrogen) atoms. The number of hydrogen-bond acceptors (Lipinski definition) is 1. The number of ether oxygens (including phenoxy) is 1. The first-order valence-electron chi connectivity index (χ1n) is 13.8. The van der Waals surface area contributed by atoms with Crippen LogP contribution in [-0.2, 0) is 0 Å². The molecule has 0 atom stereocenters. The van der Waals surface area contributed by atoms with E-state index in [0.29, 0.717) is 42.4 Å². The molecule has 0 spiro atoms. The third kappa shape index (κ3) is 6.14. The first kappa shape index (κ1) is 28.8. The average molecular weight is 581 g/mol. The van der Waals surface area contributed by atoms with Crippen molar-refractivity contribution in [2.45, 2.75) is 76.2 Å². The molecule has 0 radical (unpaired) electrons. The summed E-state index contributed by atoms with van der Waals surface area (Å²) in [7, 11) is 0. The van der Waals surface area contributed by atoms with Crippen molar-refractivity contribution < 1.29 is 31.1 Å². The lowest BCUT2D eigenvalue weighted by molar-refractivity contribution is -0.222. The summed E-state index contributed by atoms with van der Waals surface area (Å²) in [4.78, 5) is 0. The van der Waals surface area contributed by atoms with E-state index in [1.165, 1.54) is 6.07 Å². The zero-order chi connectivity index (χ0) is 28.6. The van der Waals surface area contributed by atoms with E-state index in [0.717, 1.165) is 43.4 Å². The van der Waals surface area contributed by atoms with Crippen LogP contribution in [0.4, 0.5) is 26.3 Å². The van der Waals surface area contributed by atoms with Crippen LogP contribution in [0.3, 0.4) is 0 Å². The van der Waals surface area contributed by atoms with E-state index >= 15 is 13.2 Å². The van der Waals surface area contributed by atoms with Gasteiger partial charge in [-0.3, -0.25) is 0 Å². The molecule has 2 fully saturated rings. The van der Waals surface area contributed by atoms with Crippen LogP contribution in [0.25, 0.3) is 11.1 Å². The lowest BCUT2D eigenvalue weighted by atomic mass is 9.76. The smallest absolute Gasteiger partial charge is 0.400 e. The van der Waals surface area contributed by atoms with Crippen LogP contribution in [0.2, 0.25) is 5.02 Å². The second kappa shape index (κ2) is 11.7. The normalized spacial score (nSPS) is 23.7. The molecule has 2 saturated carbocycles. The highest BCUT2D eigenvalue weighted by Gasteiger charge is 2.44. The Labute approximate surface area is 235 Å². The van der Waals surface area contributed by atoms with Gasteiger partial charge in [0.1, 0.15) is 29.0 Å². The molecule has 3 aromatic rings. The van der Waals surface area contributed by atoms with Gasteiger partial charge in [0.2, 0.25) is 0 Å². The van der Waals surface area contributed by atoms with Crippen molar-refractivity contribution in [3.05, 3.63) is 87.9 Å². The predicted molar refractivity (Wildman–Crippen MR) is 144 cm³/mol. The van der Waals surface area contributed by atoms with Crippen LogP contribution in [0, 0.1) is 35.1 Å². The zero-order valence-electron chi connectivity index (χ0n) is 22.1. The summed E-state index contributed by atoms with van der Waals surface area (Å²) >= 11 is 5.63. The maximum absolute atomic E-state index is 15.1. The Bertz CT molecular complexity index is 1340. The highest BCUT2D eigenvalue weighted by molar-refractivity contribution is 6.30. The molecule has 1 nitrogen and oxygen atoms in total. The minimum Gasteiger partial charge on any atom is -0.432 e. The van der Waals surface area contributed by atoms with Crippen molar-refractivity contribution in [3.8, 4) is 16.9 Å². The second-order valence-corrected chi connectivity index (χ2v) is 11.7. The molecule has 2 aliphatic carbocycles. The standard InChI is InChI=1S/C32H31ClF6O/c1-18-2-4-19(5-3-18)21-8-12-25(27(34)14-21)20-6-10-23(11-7-20)32(38,39)40-24-16-29(36)31(30(37)17-24)22-9-13-26(33)28(35)15-22/h8-9,12-20,23H,2-7,10-11H2,1H3. The summed E-state index contributed by atoms with van der Waals surface area (Å²) in [6.45, 7) is 2.24. The number of rotatable bonds is 6. The van der Waals surface area contributed by atoms with Crippen LogP contribution in [0.1, 0.15) is 81.3 Å². The molecular weight excluding hydrogens is 550 g/mol. The number of alkyl halides is 2. The molecular formula is C32H31ClF6O.